The monoisotopic (exact) mass is 358 g/mol. The van der Waals surface area contributed by atoms with Gasteiger partial charge >= 0.3 is 0 Å². The first-order chi connectivity index (χ1) is 11.8. The third-order valence-electron chi connectivity index (χ3n) is 6.93. The largest absolute Gasteiger partial charge is 0.494 e. The first-order valence-electron chi connectivity index (χ1n) is 9.92. The summed E-state index contributed by atoms with van der Waals surface area (Å²) in [6.07, 6.45) is 7.23. The Labute approximate surface area is 157 Å². The first-order valence-corrected chi connectivity index (χ1v) is 9.92. The van der Waals surface area contributed by atoms with E-state index in [-0.39, 0.29) is 45.6 Å². The van der Waals surface area contributed by atoms with E-state index in [1.807, 2.05) is 4.57 Å². The summed E-state index contributed by atoms with van der Waals surface area (Å²) in [4.78, 5) is 0. The molecule has 26 heavy (non-hydrogen) atoms. The van der Waals surface area contributed by atoms with Gasteiger partial charge in [-0.2, -0.15) is 0 Å². The third kappa shape index (κ3) is 2.37. The van der Waals surface area contributed by atoms with Crippen LogP contribution in [0.4, 0.5) is 0 Å². The van der Waals surface area contributed by atoms with Gasteiger partial charge in [-0.1, -0.05) is 32.9 Å². The Morgan fingerprint density at radius 3 is 2.08 bits per heavy atom. The fourth-order valence-electron chi connectivity index (χ4n) is 6.58. The maximum atomic E-state index is 11.3. The van der Waals surface area contributed by atoms with Crippen molar-refractivity contribution in [3.05, 3.63) is 23.3 Å². The van der Waals surface area contributed by atoms with E-state index in [2.05, 4.69) is 65.9 Å². The van der Waals surface area contributed by atoms with Crippen LogP contribution in [0.2, 0.25) is 0 Å². The highest BCUT2D eigenvalue weighted by atomic mass is 16.3. The molecule has 1 aromatic heterocycles. The Hall–Kier alpha value is -1.42. The van der Waals surface area contributed by atoms with Crippen molar-refractivity contribution in [1.82, 2.24) is 9.88 Å². The lowest BCUT2D eigenvalue weighted by molar-refractivity contribution is 0.123. The number of aromatic nitrogens is 1. The van der Waals surface area contributed by atoms with Gasteiger partial charge in [-0.15, -0.1) is 0 Å². The first kappa shape index (κ1) is 18.0. The standard InChI is InChI=1S/C22H34N2O2/c1-19(2)12-22(7)9-8-14(19)15-16(22)18(26)24(17(15)25)13-10-20(3,4)23-21(5,6)11-13/h8-9,13-14,23,25-26H,10-12H2,1-7H3. The number of hydrogen-bond donors (Lipinski definition) is 3. The molecule has 1 aromatic rings. The van der Waals surface area contributed by atoms with Crippen molar-refractivity contribution in [1.29, 1.82) is 0 Å². The molecule has 0 radical (unpaired) electrons. The zero-order valence-corrected chi connectivity index (χ0v) is 17.3. The summed E-state index contributed by atoms with van der Waals surface area (Å²) >= 11 is 0. The quantitative estimate of drug-likeness (QED) is 0.637. The number of nitrogens with zero attached hydrogens (tertiary/aromatic N) is 1. The van der Waals surface area contributed by atoms with Crippen molar-refractivity contribution in [3.63, 3.8) is 0 Å². The normalized spacial score (nSPS) is 34.0. The molecule has 3 N–H and O–H groups in total. The molecule has 1 fully saturated rings. The lowest BCUT2D eigenvalue weighted by atomic mass is 9.54. The number of rotatable bonds is 1. The Morgan fingerprint density at radius 2 is 1.54 bits per heavy atom. The Kier molecular flexibility index (Phi) is 3.38. The number of piperidine rings is 1. The van der Waals surface area contributed by atoms with Crippen molar-refractivity contribution < 1.29 is 10.2 Å². The van der Waals surface area contributed by atoms with Crippen LogP contribution in [0.15, 0.2) is 12.2 Å². The predicted molar refractivity (Wildman–Crippen MR) is 105 cm³/mol. The number of nitrogens with one attached hydrogen (secondary N) is 1. The van der Waals surface area contributed by atoms with Crippen LogP contribution in [-0.2, 0) is 5.41 Å². The smallest absolute Gasteiger partial charge is 0.198 e. The average Bonchev–Trinajstić information content (AvgIpc) is 2.67. The maximum absolute atomic E-state index is 11.3. The van der Waals surface area contributed by atoms with Crippen LogP contribution < -0.4 is 5.32 Å². The summed E-state index contributed by atoms with van der Waals surface area (Å²) in [6.45, 7) is 15.5. The minimum atomic E-state index is -0.210. The van der Waals surface area contributed by atoms with Crippen LogP contribution in [0, 0.1) is 5.41 Å². The second kappa shape index (κ2) is 4.89. The van der Waals surface area contributed by atoms with Crippen molar-refractivity contribution in [3.8, 4) is 11.8 Å². The number of fused-ring (bicyclic) bond motifs is 1. The molecule has 1 saturated heterocycles. The van der Waals surface area contributed by atoms with Gasteiger partial charge in [0.05, 0.1) is 0 Å². The van der Waals surface area contributed by atoms with E-state index in [0.717, 1.165) is 30.4 Å². The van der Waals surface area contributed by atoms with Crippen LogP contribution in [-0.4, -0.2) is 25.9 Å². The summed E-state index contributed by atoms with van der Waals surface area (Å²) in [5.74, 6) is 0.724. The van der Waals surface area contributed by atoms with Crippen molar-refractivity contribution >= 4 is 0 Å². The van der Waals surface area contributed by atoms with Gasteiger partial charge in [0.25, 0.3) is 0 Å². The maximum Gasteiger partial charge on any atom is 0.198 e. The van der Waals surface area contributed by atoms with Crippen LogP contribution in [0.3, 0.4) is 0 Å². The molecule has 1 aliphatic heterocycles. The summed E-state index contributed by atoms with van der Waals surface area (Å²) < 4.78 is 1.84. The highest BCUT2D eigenvalue weighted by molar-refractivity contribution is 5.60. The van der Waals surface area contributed by atoms with Gasteiger partial charge in [0, 0.05) is 39.6 Å². The zero-order chi connectivity index (χ0) is 19.3. The number of aromatic hydroxyl groups is 2. The lowest BCUT2D eigenvalue weighted by Crippen LogP contribution is -2.57. The van der Waals surface area contributed by atoms with Crippen molar-refractivity contribution in [2.24, 2.45) is 5.41 Å². The average molecular weight is 359 g/mol. The van der Waals surface area contributed by atoms with E-state index in [9.17, 15) is 10.2 Å². The molecule has 144 valence electrons. The molecule has 2 bridgehead atoms. The van der Waals surface area contributed by atoms with Gasteiger partial charge < -0.3 is 15.5 Å². The van der Waals surface area contributed by atoms with E-state index < -0.39 is 0 Å². The molecule has 2 unspecified atom stereocenters. The second-order valence-electron chi connectivity index (χ2n) is 11.2. The molecule has 4 heteroatoms. The van der Waals surface area contributed by atoms with E-state index in [4.69, 9.17) is 0 Å². The fourth-order valence-corrected chi connectivity index (χ4v) is 6.58. The van der Waals surface area contributed by atoms with Crippen LogP contribution >= 0.6 is 0 Å². The third-order valence-corrected chi connectivity index (χ3v) is 6.93. The predicted octanol–water partition coefficient (Wildman–Crippen LogP) is 4.72. The second-order valence-corrected chi connectivity index (χ2v) is 11.2. The summed E-state index contributed by atoms with van der Waals surface area (Å²) in [5.41, 5.74) is 1.69. The van der Waals surface area contributed by atoms with Gasteiger partial charge in [0.2, 0.25) is 0 Å². The molecule has 0 saturated carbocycles. The van der Waals surface area contributed by atoms with E-state index in [1.54, 1.807) is 0 Å². The SMILES string of the molecule is CC1(C)CC(n2c(O)c3c(c2O)C2(C)C=CC3C(C)(C)C2)CC(C)(C)N1. The molecule has 0 amide bonds. The van der Waals surface area contributed by atoms with Gasteiger partial charge in [0.15, 0.2) is 11.8 Å². The molecule has 0 spiro atoms. The molecule has 5 rings (SSSR count). The van der Waals surface area contributed by atoms with E-state index >= 15 is 0 Å². The number of allylic oxidation sites excluding steroid dienone is 2. The molecule has 4 aliphatic rings. The fraction of sp³-hybridized carbons (Fsp3) is 0.727. The van der Waals surface area contributed by atoms with Crippen LogP contribution in [0.1, 0.15) is 90.8 Å². The van der Waals surface area contributed by atoms with Gasteiger partial charge in [-0.05, 0) is 52.4 Å². The topological polar surface area (TPSA) is 57.4 Å². The summed E-state index contributed by atoms with van der Waals surface area (Å²) in [5, 5.41) is 26.2. The molecule has 0 aromatic carbocycles. The molecule has 2 heterocycles. The van der Waals surface area contributed by atoms with Gasteiger partial charge in [-0.25, -0.2) is 0 Å². The zero-order valence-electron chi connectivity index (χ0n) is 17.3. The molecule has 4 nitrogen and oxygen atoms in total. The van der Waals surface area contributed by atoms with Crippen molar-refractivity contribution in [2.75, 3.05) is 0 Å². The summed E-state index contributed by atoms with van der Waals surface area (Å²) in [6, 6.07) is 0.0814. The summed E-state index contributed by atoms with van der Waals surface area (Å²) in [7, 11) is 0. The van der Waals surface area contributed by atoms with E-state index in [0.29, 0.717) is 0 Å². The van der Waals surface area contributed by atoms with Crippen LogP contribution in [0.25, 0.3) is 0 Å². The molecule has 3 aliphatic carbocycles. The van der Waals surface area contributed by atoms with E-state index in [1.165, 1.54) is 0 Å². The lowest BCUT2D eigenvalue weighted by Gasteiger charge is -2.49. The van der Waals surface area contributed by atoms with Crippen LogP contribution in [0.5, 0.6) is 11.8 Å². The molecule has 2 atom stereocenters. The van der Waals surface area contributed by atoms with Gasteiger partial charge in [0.1, 0.15) is 0 Å². The Bertz CT molecular complexity index is 784. The highest BCUT2D eigenvalue weighted by Gasteiger charge is 2.53. The molecular formula is C22H34N2O2. The Morgan fingerprint density at radius 1 is 0.962 bits per heavy atom. The minimum absolute atomic E-state index is 0.0452. The number of hydrogen-bond acceptors (Lipinski definition) is 3. The molecular weight excluding hydrogens is 324 g/mol. The minimum Gasteiger partial charge on any atom is -0.494 e. The van der Waals surface area contributed by atoms with Crippen molar-refractivity contribution in [2.45, 2.75) is 96.2 Å². The van der Waals surface area contributed by atoms with Gasteiger partial charge in [-0.3, -0.25) is 4.57 Å². The highest BCUT2D eigenvalue weighted by Crippen LogP contribution is 2.63. The Balaban J connectivity index is 1.88.